The van der Waals surface area contributed by atoms with E-state index in [4.69, 9.17) is 21.4 Å². The molecule has 0 saturated carbocycles. The van der Waals surface area contributed by atoms with Crippen LogP contribution < -0.4 is 4.74 Å². The Morgan fingerprint density at radius 2 is 1.75 bits per heavy atom. The molecule has 4 nitrogen and oxygen atoms in total. The molecular weight excluding hydrogens is 280 g/mol. The number of hydrogen-bond donors (Lipinski definition) is 1. The molecule has 0 heterocycles. The lowest BCUT2D eigenvalue weighted by Crippen LogP contribution is -2.14. The summed E-state index contributed by atoms with van der Waals surface area (Å²) in [5.41, 5.74) is 0.639. The van der Waals surface area contributed by atoms with E-state index in [9.17, 15) is 9.59 Å². The summed E-state index contributed by atoms with van der Waals surface area (Å²) in [4.78, 5) is 22.9. The summed E-state index contributed by atoms with van der Waals surface area (Å²) in [5.74, 6) is -1.88. The summed E-state index contributed by atoms with van der Waals surface area (Å²) in [6.45, 7) is 0. The van der Waals surface area contributed by atoms with Gasteiger partial charge in [-0.3, -0.25) is 4.79 Å². The van der Waals surface area contributed by atoms with E-state index in [0.29, 0.717) is 0 Å². The number of esters is 1. The molecule has 0 amide bonds. The second-order valence-corrected chi connectivity index (χ2v) is 4.47. The van der Waals surface area contributed by atoms with Crippen LogP contribution in [0.1, 0.15) is 15.9 Å². The van der Waals surface area contributed by atoms with Gasteiger partial charge < -0.3 is 9.84 Å². The number of carboxylic acid groups (broad SMARTS) is 1. The van der Waals surface area contributed by atoms with Crippen molar-refractivity contribution in [2.75, 3.05) is 0 Å². The summed E-state index contributed by atoms with van der Waals surface area (Å²) in [6.07, 6.45) is 0.0467. The van der Waals surface area contributed by atoms with Crippen LogP contribution in [0.2, 0.25) is 5.02 Å². The van der Waals surface area contributed by atoms with Gasteiger partial charge in [-0.05, 0) is 17.7 Å². The predicted octanol–water partition coefficient (Wildman–Crippen LogP) is 3.19. The summed E-state index contributed by atoms with van der Waals surface area (Å²) in [7, 11) is 0. The normalized spacial score (nSPS) is 10.1. The van der Waals surface area contributed by atoms with Gasteiger partial charge in [0.1, 0.15) is 5.56 Å². The highest BCUT2D eigenvalue weighted by molar-refractivity contribution is 6.32. The number of carbonyl (C=O) groups is 2. The largest absolute Gasteiger partial charge is 0.478 e. The zero-order chi connectivity index (χ0) is 14.5. The summed E-state index contributed by atoms with van der Waals surface area (Å²) >= 11 is 5.88. The van der Waals surface area contributed by atoms with Crippen molar-refractivity contribution < 1.29 is 19.4 Å². The Kier molecular flexibility index (Phi) is 4.38. The zero-order valence-corrected chi connectivity index (χ0v) is 11.1. The lowest BCUT2D eigenvalue weighted by Gasteiger charge is -2.09. The molecule has 5 heteroatoms. The molecule has 0 aliphatic heterocycles. The smallest absolute Gasteiger partial charge is 0.339 e. The summed E-state index contributed by atoms with van der Waals surface area (Å²) < 4.78 is 5.09. The van der Waals surface area contributed by atoms with Gasteiger partial charge in [0, 0.05) is 0 Å². The van der Waals surface area contributed by atoms with E-state index in [1.165, 1.54) is 18.2 Å². The second kappa shape index (κ2) is 6.21. The van der Waals surface area contributed by atoms with Crippen molar-refractivity contribution in [2.45, 2.75) is 6.42 Å². The Morgan fingerprint density at radius 1 is 1.05 bits per heavy atom. The zero-order valence-electron chi connectivity index (χ0n) is 10.4. The van der Waals surface area contributed by atoms with Crippen molar-refractivity contribution in [1.29, 1.82) is 0 Å². The van der Waals surface area contributed by atoms with Gasteiger partial charge in [-0.1, -0.05) is 48.0 Å². The van der Waals surface area contributed by atoms with E-state index in [2.05, 4.69) is 0 Å². The van der Waals surface area contributed by atoms with Crippen LogP contribution in [0.5, 0.6) is 5.75 Å². The number of carbonyl (C=O) groups excluding carboxylic acids is 1. The average Bonchev–Trinajstić information content (AvgIpc) is 2.42. The maximum atomic E-state index is 11.8. The minimum absolute atomic E-state index is 0.0467. The minimum Gasteiger partial charge on any atom is -0.478 e. The maximum Gasteiger partial charge on any atom is 0.339 e. The van der Waals surface area contributed by atoms with Crippen LogP contribution in [-0.2, 0) is 11.2 Å². The predicted molar refractivity (Wildman–Crippen MR) is 74.2 cm³/mol. The van der Waals surface area contributed by atoms with Gasteiger partial charge in [-0.25, -0.2) is 4.79 Å². The first-order valence-electron chi connectivity index (χ1n) is 5.84. The van der Waals surface area contributed by atoms with Crippen molar-refractivity contribution in [1.82, 2.24) is 0 Å². The van der Waals surface area contributed by atoms with Crippen LogP contribution in [0.15, 0.2) is 48.5 Å². The van der Waals surface area contributed by atoms with E-state index < -0.39 is 11.9 Å². The third-order valence-corrected chi connectivity index (χ3v) is 2.90. The monoisotopic (exact) mass is 290 g/mol. The highest BCUT2D eigenvalue weighted by Crippen LogP contribution is 2.29. The molecule has 0 aliphatic rings. The Labute approximate surface area is 120 Å². The molecule has 0 aliphatic carbocycles. The van der Waals surface area contributed by atoms with Gasteiger partial charge in [0.05, 0.1) is 11.4 Å². The first-order chi connectivity index (χ1) is 9.58. The second-order valence-electron chi connectivity index (χ2n) is 4.06. The number of rotatable bonds is 4. The molecule has 1 N–H and O–H groups in total. The minimum atomic E-state index is -1.20. The Bertz CT molecular complexity index is 638. The number of carboxylic acids is 1. The fourth-order valence-electron chi connectivity index (χ4n) is 1.69. The van der Waals surface area contributed by atoms with E-state index in [-0.39, 0.29) is 22.8 Å². The molecule has 0 unspecified atom stereocenters. The van der Waals surface area contributed by atoms with Crippen molar-refractivity contribution in [3.05, 3.63) is 64.7 Å². The quantitative estimate of drug-likeness (QED) is 0.694. The molecule has 0 saturated heterocycles. The van der Waals surface area contributed by atoms with Crippen LogP contribution in [0.25, 0.3) is 0 Å². The molecule has 0 spiro atoms. The fourth-order valence-corrected chi connectivity index (χ4v) is 1.91. The lowest BCUT2D eigenvalue weighted by molar-refractivity contribution is -0.133. The number of para-hydroxylation sites is 1. The number of ether oxygens (including phenoxy) is 1. The first-order valence-corrected chi connectivity index (χ1v) is 6.22. The topological polar surface area (TPSA) is 63.6 Å². The molecular formula is C15H11ClO4. The van der Waals surface area contributed by atoms with Gasteiger partial charge in [0.2, 0.25) is 0 Å². The van der Waals surface area contributed by atoms with Gasteiger partial charge in [0.25, 0.3) is 0 Å². The first kappa shape index (κ1) is 14.1. The molecule has 2 rings (SSSR count). The molecule has 0 aromatic heterocycles. The van der Waals surface area contributed by atoms with E-state index >= 15 is 0 Å². The molecule has 2 aromatic carbocycles. The fraction of sp³-hybridized carbons (Fsp3) is 0.0667. The molecule has 2 aromatic rings. The number of benzene rings is 2. The molecule has 0 bridgehead atoms. The van der Waals surface area contributed by atoms with Gasteiger partial charge >= 0.3 is 11.9 Å². The maximum absolute atomic E-state index is 11.8. The standard InChI is InChI=1S/C15H11ClO4/c16-12-8-4-7-11(15(18)19)14(12)20-13(17)9-10-5-2-1-3-6-10/h1-8H,9H2,(H,18,19). The van der Waals surface area contributed by atoms with Crippen molar-refractivity contribution in [3.8, 4) is 5.75 Å². The van der Waals surface area contributed by atoms with Crippen LogP contribution in [0.3, 0.4) is 0 Å². The number of halogens is 1. The molecule has 0 atom stereocenters. The van der Waals surface area contributed by atoms with Crippen molar-refractivity contribution in [3.63, 3.8) is 0 Å². The van der Waals surface area contributed by atoms with Crippen LogP contribution in [-0.4, -0.2) is 17.0 Å². The molecule has 0 fully saturated rings. The van der Waals surface area contributed by atoms with Crippen LogP contribution >= 0.6 is 11.6 Å². The lowest BCUT2D eigenvalue weighted by atomic mass is 10.1. The van der Waals surface area contributed by atoms with E-state index in [0.717, 1.165) is 5.56 Å². The van der Waals surface area contributed by atoms with Crippen LogP contribution in [0, 0.1) is 0 Å². The Morgan fingerprint density at radius 3 is 2.40 bits per heavy atom. The van der Waals surface area contributed by atoms with E-state index in [1.807, 2.05) is 6.07 Å². The van der Waals surface area contributed by atoms with Gasteiger partial charge in [-0.15, -0.1) is 0 Å². The van der Waals surface area contributed by atoms with Crippen molar-refractivity contribution in [2.24, 2.45) is 0 Å². The van der Waals surface area contributed by atoms with Gasteiger partial charge in [-0.2, -0.15) is 0 Å². The molecule has 0 radical (unpaired) electrons. The van der Waals surface area contributed by atoms with Crippen LogP contribution in [0.4, 0.5) is 0 Å². The highest BCUT2D eigenvalue weighted by atomic mass is 35.5. The van der Waals surface area contributed by atoms with Crippen molar-refractivity contribution >= 4 is 23.5 Å². The summed E-state index contributed by atoms with van der Waals surface area (Å²) in [6, 6.07) is 13.3. The average molecular weight is 291 g/mol. The SMILES string of the molecule is O=C(Cc1ccccc1)Oc1c(Cl)cccc1C(=O)O. The summed E-state index contributed by atoms with van der Waals surface area (Å²) in [5, 5.41) is 9.13. The highest BCUT2D eigenvalue weighted by Gasteiger charge is 2.17. The number of hydrogen-bond acceptors (Lipinski definition) is 3. The van der Waals surface area contributed by atoms with E-state index in [1.54, 1.807) is 24.3 Å². The van der Waals surface area contributed by atoms with Gasteiger partial charge in [0.15, 0.2) is 5.75 Å². The third-order valence-electron chi connectivity index (χ3n) is 2.60. The third kappa shape index (κ3) is 3.36. The number of aromatic carboxylic acids is 1. The molecule has 20 heavy (non-hydrogen) atoms. The Hall–Kier alpha value is -2.33. The Balaban J connectivity index is 2.18. The molecule has 102 valence electrons.